The zero-order chi connectivity index (χ0) is 14.7. The van der Waals surface area contributed by atoms with Gasteiger partial charge in [-0.2, -0.15) is 4.98 Å². The predicted octanol–water partition coefficient (Wildman–Crippen LogP) is 2.68. The molecule has 1 atom stereocenters. The summed E-state index contributed by atoms with van der Waals surface area (Å²) in [5.41, 5.74) is 0.984. The number of hydrogen-bond acceptors (Lipinski definition) is 5. The number of rotatable bonds is 4. The minimum absolute atomic E-state index is 0.287. The van der Waals surface area contributed by atoms with Gasteiger partial charge in [-0.25, -0.2) is 4.98 Å². The number of piperidine rings is 1. The lowest BCUT2D eigenvalue weighted by Crippen LogP contribution is -2.39. The molecule has 1 unspecified atom stereocenters. The zero-order valence-electron chi connectivity index (χ0n) is 12.7. The second-order valence-corrected chi connectivity index (χ2v) is 5.36. The SMILES string of the molecule is CCNc1nc(N2CCCC(OC)C2)c2ccccc2n1. The second-order valence-electron chi connectivity index (χ2n) is 5.36. The maximum atomic E-state index is 5.53. The molecule has 1 aliphatic rings. The largest absolute Gasteiger partial charge is 0.380 e. The van der Waals surface area contributed by atoms with Gasteiger partial charge in [0.2, 0.25) is 5.95 Å². The summed E-state index contributed by atoms with van der Waals surface area (Å²) < 4.78 is 5.53. The normalized spacial score (nSPS) is 19.0. The van der Waals surface area contributed by atoms with E-state index in [2.05, 4.69) is 28.2 Å². The minimum Gasteiger partial charge on any atom is -0.380 e. The van der Waals surface area contributed by atoms with E-state index in [4.69, 9.17) is 9.72 Å². The van der Waals surface area contributed by atoms with E-state index in [1.165, 1.54) is 0 Å². The molecule has 0 bridgehead atoms. The van der Waals surface area contributed by atoms with E-state index >= 15 is 0 Å². The Kier molecular flexibility index (Phi) is 4.20. The van der Waals surface area contributed by atoms with Crippen LogP contribution in [0.4, 0.5) is 11.8 Å². The Balaban J connectivity index is 2.02. The number of nitrogens with zero attached hydrogens (tertiary/aromatic N) is 3. The molecule has 1 aromatic carbocycles. The molecular weight excluding hydrogens is 264 g/mol. The summed E-state index contributed by atoms with van der Waals surface area (Å²) in [4.78, 5) is 11.6. The first-order valence-electron chi connectivity index (χ1n) is 7.60. The van der Waals surface area contributed by atoms with Crippen LogP contribution in [-0.2, 0) is 4.74 Å². The number of anilines is 2. The van der Waals surface area contributed by atoms with Crippen LogP contribution in [0.15, 0.2) is 24.3 Å². The van der Waals surface area contributed by atoms with Crippen LogP contribution in [-0.4, -0.2) is 42.8 Å². The Morgan fingerprint density at radius 2 is 2.19 bits per heavy atom. The molecule has 5 nitrogen and oxygen atoms in total. The number of nitrogens with one attached hydrogen (secondary N) is 1. The summed E-state index contributed by atoms with van der Waals surface area (Å²) in [5, 5.41) is 4.33. The van der Waals surface area contributed by atoms with Crippen LogP contribution >= 0.6 is 0 Å². The van der Waals surface area contributed by atoms with Crippen molar-refractivity contribution < 1.29 is 4.74 Å². The Labute approximate surface area is 125 Å². The second kappa shape index (κ2) is 6.26. The molecule has 5 heteroatoms. The van der Waals surface area contributed by atoms with Crippen molar-refractivity contribution in [1.82, 2.24) is 9.97 Å². The standard InChI is InChI=1S/C16H22N4O/c1-3-17-16-18-14-9-5-4-8-13(14)15(19-16)20-10-6-7-12(11-20)21-2/h4-5,8-9,12H,3,6-7,10-11H2,1-2H3,(H,17,18,19). The van der Waals surface area contributed by atoms with E-state index in [1.807, 2.05) is 18.2 Å². The molecular formula is C16H22N4O. The average molecular weight is 286 g/mol. The van der Waals surface area contributed by atoms with Gasteiger partial charge in [-0.3, -0.25) is 0 Å². The van der Waals surface area contributed by atoms with Crippen molar-refractivity contribution in [3.63, 3.8) is 0 Å². The highest BCUT2D eigenvalue weighted by Gasteiger charge is 2.22. The molecule has 21 heavy (non-hydrogen) atoms. The first kappa shape index (κ1) is 14.1. The summed E-state index contributed by atoms with van der Waals surface area (Å²) in [5.74, 6) is 1.71. The highest BCUT2D eigenvalue weighted by atomic mass is 16.5. The van der Waals surface area contributed by atoms with Gasteiger partial charge in [0.05, 0.1) is 11.6 Å². The Bertz CT molecular complexity index is 616. The first-order valence-corrected chi connectivity index (χ1v) is 7.60. The molecule has 0 saturated carbocycles. The molecule has 1 aromatic heterocycles. The fraction of sp³-hybridized carbons (Fsp3) is 0.500. The first-order chi connectivity index (χ1) is 10.3. The molecule has 0 spiro atoms. The van der Waals surface area contributed by atoms with Gasteiger partial charge in [0.15, 0.2) is 0 Å². The van der Waals surface area contributed by atoms with E-state index in [-0.39, 0.29) is 6.10 Å². The van der Waals surface area contributed by atoms with Crippen LogP contribution in [0.5, 0.6) is 0 Å². The number of para-hydroxylation sites is 1. The van der Waals surface area contributed by atoms with Crippen molar-refractivity contribution in [1.29, 1.82) is 0 Å². The monoisotopic (exact) mass is 286 g/mol. The van der Waals surface area contributed by atoms with Gasteiger partial charge in [0.25, 0.3) is 0 Å². The lowest BCUT2D eigenvalue weighted by atomic mass is 10.1. The maximum absolute atomic E-state index is 5.53. The summed E-state index contributed by atoms with van der Waals surface area (Å²) in [6.45, 7) is 4.79. The van der Waals surface area contributed by atoms with E-state index in [1.54, 1.807) is 7.11 Å². The summed E-state index contributed by atoms with van der Waals surface area (Å²) in [7, 11) is 1.79. The Morgan fingerprint density at radius 3 is 3.00 bits per heavy atom. The average Bonchev–Trinajstić information content (AvgIpc) is 2.54. The number of ether oxygens (including phenoxy) is 1. The van der Waals surface area contributed by atoms with Crippen LogP contribution in [0.2, 0.25) is 0 Å². The molecule has 0 aliphatic carbocycles. The third-order valence-corrected chi connectivity index (χ3v) is 3.93. The molecule has 1 fully saturated rings. The van der Waals surface area contributed by atoms with Crippen molar-refractivity contribution in [2.75, 3.05) is 37.0 Å². The maximum Gasteiger partial charge on any atom is 0.225 e. The number of methoxy groups -OCH3 is 1. The van der Waals surface area contributed by atoms with Gasteiger partial charge >= 0.3 is 0 Å². The molecule has 1 aliphatic heterocycles. The van der Waals surface area contributed by atoms with Crippen molar-refractivity contribution in [2.45, 2.75) is 25.9 Å². The molecule has 2 aromatic rings. The van der Waals surface area contributed by atoms with Gasteiger partial charge in [0.1, 0.15) is 5.82 Å². The predicted molar refractivity (Wildman–Crippen MR) is 85.9 cm³/mol. The smallest absolute Gasteiger partial charge is 0.225 e. The van der Waals surface area contributed by atoms with Gasteiger partial charge in [-0.1, -0.05) is 12.1 Å². The van der Waals surface area contributed by atoms with Crippen molar-refractivity contribution in [3.05, 3.63) is 24.3 Å². The number of hydrogen-bond donors (Lipinski definition) is 1. The topological polar surface area (TPSA) is 50.3 Å². The van der Waals surface area contributed by atoms with Gasteiger partial charge in [-0.15, -0.1) is 0 Å². The van der Waals surface area contributed by atoms with E-state index in [0.717, 1.165) is 49.2 Å². The van der Waals surface area contributed by atoms with Crippen LogP contribution in [0.1, 0.15) is 19.8 Å². The van der Waals surface area contributed by atoms with Crippen LogP contribution in [0.3, 0.4) is 0 Å². The fourth-order valence-corrected chi connectivity index (χ4v) is 2.86. The van der Waals surface area contributed by atoms with Crippen molar-refractivity contribution in [2.24, 2.45) is 0 Å². The highest BCUT2D eigenvalue weighted by molar-refractivity contribution is 5.90. The van der Waals surface area contributed by atoms with Gasteiger partial charge in [0, 0.05) is 32.1 Å². The number of fused-ring (bicyclic) bond motifs is 1. The molecule has 0 radical (unpaired) electrons. The summed E-state index contributed by atoms with van der Waals surface area (Å²) >= 11 is 0. The summed E-state index contributed by atoms with van der Waals surface area (Å²) in [6, 6.07) is 8.19. The van der Waals surface area contributed by atoms with E-state index < -0.39 is 0 Å². The van der Waals surface area contributed by atoms with Gasteiger partial charge in [-0.05, 0) is 31.9 Å². The molecule has 1 N–H and O–H groups in total. The molecule has 112 valence electrons. The van der Waals surface area contributed by atoms with Crippen LogP contribution in [0, 0.1) is 0 Å². The summed E-state index contributed by atoms with van der Waals surface area (Å²) in [6.07, 6.45) is 2.54. The van der Waals surface area contributed by atoms with Gasteiger partial charge < -0.3 is 15.0 Å². The Morgan fingerprint density at radius 1 is 1.33 bits per heavy atom. The highest BCUT2D eigenvalue weighted by Crippen LogP contribution is 2.28. The zero-order valence-corrected chi connectivity index (χ0v) is 12.7. The molecule has 0 amide bonds. The third-order valence-electron chi connectivity index (χ3n) is 3.93. The van der Waals surface area contributed by atoms with Crippen molar-refractivity contribution in [3.8, 4) is 0 Å². The molecule has 2 heterocycles. The minimum atomic E-state index is 0.287. The number of benzene rings is 1. The lowest BCUT2D eigenvalue weighted by Gasteiger charge is -2.33. The van der Waals surface area contributed by atoms with Crippen LogP contribution < -0.4 is 10.2 Å². The van der Waals surface area contributed by atoms with E-state index in [9.17, 15) is 0 Å². The molecule has 3 rings (SSSR count). The van der Waals surface area contributed by atoms with Crippen molar-refractivity contribution >= 4 is 22.7 Å². The number of aromatic nitrogens is 2. The molecule has 1 saturated heterocycles. The fourth-order valence-electron chi connectivity index (χ4n) is 2.86. The Hall–Kier alpha value is -1.88. The third kappa shape index (κ3) is 2.93. The van der Waals surface area contributed by atoms with Crippen LogP contribution in [0.25, 0.3) is 10.9 Å². The lowest BCUT2D eigenvalue weighted by molar-refractivity contribution is 0.0892. The quantitative estimate of drug-likeness (QED) is 0.936. The van der Waals surface area contributed by atoms with E-state index in [0.29, 0.717) is 5.95 Å².